The second-order valence-corrected chi connectivity index (χ2v) is 10.6. The molecule has 0 aliphatic carbocycles. The van der Waals surface area contributed by atoms with Gasteiger partial charge in [0.05, 0.1) is 19.3 Å². The van der Waals surface area contributed by atoms with Crippen LogP contribution >= 0.6 is 11.8 Å². The summed E-state index contributed by atoms with van der Waals surface area (Å²) in [6, 6.07) is -3.22. The number of phenols is 2. The maximum atomic E-state index is 13.1. The second kappa shape index (κ2) is 13.4. The van der Waals surface area contributed by atoms with Crippen LogP contribution in [0.1, 0.15) is 42.3 Å². The average molecular weight is 572 g/mol. The average Bonchev–Trinajstić information content (AvgIpc) is 2.84. The first kappa shape index (κ1) is 31.5. The van der Waals surface area contributed by atoms with Crippen LogP contribution in [-0.4, -0.2) is 95.0 Å². The van der Waals surface area contributed by atoms with Crippen molar-refractivity contribution >= 4 is 41.6 Å². The Kier molecular flexibility index (Phi) is 10.8. The number of aromatic hydroxyl groups is 2. The number of aliphatic hydroxyl groups is 1. The Morgan fingerprint density at radius 1 is 1.23 bits per heavy atom. The van der Waals surface area contributed by atoms with Crippen LogP contribution in [0.5, 0.6) is 11.5 Å². The van der Waals surface area contributed by atoms with Crippen LogP contribution in [0, 0.1) is 6.92 Å². The number of fused-ring (bicyclic) bond motifs is 1. The van der Waals surface area contributed by atoms with Crippen molar-refractivity contribution in [3.05, 3.63) is 22.8 Å². The van der Waals surface area contributed by atoms with E-state index >= 15 is 0 Å². The molecule has 3 atom stereocenters. The van der Waals surface area contributed by atoms with E-state index in [1.54, 1.807) is 20.8 Å². The third-order valence-corrected chi connectivity index (χ3v) is 6.45. The van der Waals surface area contributed by atoms with Gasteiger partial charge < -0.3 is 45.5 Å². The summed E-state index contributed by atoms with van der Waals surface area (Å²) in [4.78, 5) is 63.3. The molecule has 15 heteroatoms. The maximum absolute atomic E-state index is 13.1. The second-order valence-electron chi connectivity index (χ2n) is 9.53. The first-order chi connectivity index (χ1) is 18.2. The van der Waals surface area contributed by atoms with Crippen LogP contribution < -0.4 is 16.0 Å². The lowest BCUT2D eigenvalue weighted by Gasteiger charge is -2.26. The van der Waals surface area contributed by atoms with Gasteiger partial charge in [0.25, 0.3) is 0 Å². The number of rotatable bonds is 5. The van der Waals surface area contributed by atoms with Gasteiger partial charge in [-0.05, 0) is 27.7 Å². The molecule has 0 unspecified atom stereocenters. The number of benzene rings is 1. The normalized spacial score (nSPS) is 19.1. The van der Waals surface area contributed by atoms with Crippen LogP contribution in [0.3, 0.4) is 0 Å². The zero-order valence-corrected chi connectivity index (χ0v) is 23.0. The van der Waals surface area contributed by atoms with E-state index in [1.807, 2.05) is 0 Å². The number of ether oxygens (including phenoxy) is 3. The molecule has 0 fully saturated rings. The smallest absolute Gasteiger partial charge is 0.408 e. The molecule has 0 saturated heterocycles. The number of carbonyl (C=O) groups excluding carboxylic acids is 5. The van der Waals surface area contributed by atoms with Gasteiger partial charge in [0.1, 0.15) is 41.8 Å². The highest BCUT2D eigenvalue weighted by atomic mass is 32.2. The summed E-state index contributed by atoms with van der Waals surface area (Å²) < 4.78 is 15.1. The van der Waals surface area contributed by atoms with Crippen LogP contribution in [0.25, 0.3) is 0 Å². The third-order valence-electron chi connectivity index (χ3n) is 5.38. The molecule has 3 amide bonds. The first-order valence-electron chi connectivity index (χ1n) is 11.8. The van der Waals surface area contributed by atoms with E-state index in [9.17, 15) is 39.3 Å². The lowest BCUT2D eigenvalue weighted by Crippen LogP contribution is -2.58. The number of amides is 3. The fourth-order valence-corrected chi connectivity index (χ4v) is 4.49. The van der Waals surface area contributed by atoms with Gasteiger partial charge in [-0.15, -0.1) is 0 Å². The number of hydrogen-bond acceptors (Lipinski definition) is 12. The van der Waals surface area contributed by atoms with Gasteiger partial charge in [0.2, 0.25) is 11.8 Å². The number of thioether (sulfide) groups is 1. The molecule has 0 saturated carbocycles. The summed E-state index contributed by atoms with van der Waals surface area (Å²) in [6.07, 6.45) is -0.999. The number of carbonyl (C=O) groups is 5. The molecular weight excluding hydrogens is 538 g/mol. The van der Waals surface area contributed by atoms with Gasteiger partial charge in [0.15, 0.2) is 0 Å². The standard InChI is InChI=1S/C24H33N3O11S/c1-11-16(29)6-17(30)12-9-39-10-15(21(33)36-5)26-20(32)14(8-37-22(34)18(11)12)25-19(31)13(7-28)27-23(35)38-24(2,3)4/h6,13-15,28-30H,7-10H2,1-5H3,(H,25,31)(H,26,32)(H,27,35)/t13-,14+,15+/m1/s1. The molecule has 1 aliphatic rings. The highest BCUT2D eigenvalue weighted by Crippen LogP contribution is 2.35. The van der Waals surface area contributed by atoms with Gasteiger partial charge in [0, 0.05) is 28.7 Å². The van der Waals surface area contributed by atoms with E-state index in [-0.39, 0.29) is 39.7 Å². The first-order valence-corrected chi connectivity index (χ1v) is 12.9. The fourth-order valence-electron chi connectivity index (χ4n) is 3.42. The summed E-state index contributed by atoms with van der Waals surface area (Å²) in [5.74, 6) is -4.47. The van der Waals surface area contributed by atoms with Crippen molar-refractivity contribution in [2.75, 3.05) is 26.1 Å². The van der Waals surface area contributed by atoms with Crippen LogP contribution in [-0.2, 0) is 34.3 Å². The molecule has 0 bridgehead atoms. The predicted octanol–water partition coefficient (Wildman–Crippen LogP) is -0.162. The number of aliphatic hydroxyl groups excluding tert-OH is 1. The predicted molar refractivity (Wildman–Crippen MR) is 137 cm³/mol. The highest BCUT2D eigenvalue weighted by molar-refractivity contribution is 7.98. The number of esters is 2. The molecule has 1 aliphatic heterocycles. The van der Waals surface area contributed by atoms with Crippen molar-refractivity contribution in [1.29, 1.82) is 0 Å². The van der Waals surface area contributed by atoms with Crippen molar-refractivity contribution in [3.8, 4) is 11.5 Å². The Labute approximate surface area is 228 Å². The van der Waals surface area contributed by atoms with Gasteiger partial charge in [-0.1, -0.05) is 0 Å². The highest BCUT2D eigenvalue weighted by Gasteiger charge is 2.33. The van der Waals surface area contributed by atoms with Gasteiger partial charge >= 0.3 is 18.0 Å². The largest absolute Gasteiger partial charge is 0.508 e. The zero-order valence-electron chi connectivity index (χ0n) is 22.2. The lowest BCUT2D eigenvalue weighted by atomic mass is 10.0. The van der Waals surface area contributed by atoms with E-state index in [2.05, 4.69) is 16.0 Å². The lowest BCUT2D eigenvalue weighted by molar-refractivity contribution is -0.144. The molecular formula is C24H33N3O11S. The van der Waals surface area contributed by atoms with Crippen LogP contribution in [0.2, 0.25) is 0 Å². The van der Waals surface area contributed by atoms with E-state index in [0.717, 1.165) is 24.9 Å². The third kappa shape index (κ3) is 8.64. The van der Waals surface area contributed by atoms with E-state index in [0.29, 0.717) is 0 Å². The Morgan fingerprint density at radius 2 is 1.90 bits per heavy atom. The van der Waals surface area contributed by atoms with Crippen molar-refractivity contribution in [3.63, 3.8) is 0 Å². The quantitative estimate of drug-likeness (QED) is 0.201. The molecule has 0 radical (unpaired) electrons. The summed E-state index contributed by atoms with van der Waals surface area (Å²) in [5.41, 5.74) is -0.777. The van der Waals surface area contributed by atoms with Crippen LogP contribution in [0.4, 0.5) is 4.79 Å². The Bertz CT molecular complexity index is 1120. The maximum Gasteiger partial charge on any atom is 0.408 e. The van der Waals surface area contributed by atoms with Crippen molar-refractivity contribution < 1.29 is 53.5 Å². The van der Waals surface area contributed by atoms with E-state index < -0.39 is 66.8 Å². The number of hydrogen-bond donors (Lipinski definition) is 6. The summed E-state index contributed by atoms with van der Waals surface area (Å²) in [5, 5.41) is 37.0. The molecule has 1 aromatic carbocycles. The molecule has 39 heavy (non-hydrogen) atoms. The number of alkyl carbamates (subject to hydrolysis) is 1. The monoisotopic (exact) mass is 571 g/mol. The Balaban J connectivity index is 2.37. The molecule has 6 N–H and O–H groups in total. The summed E-state index contributed by atoms with van der Waals surface area (Å²) in [7, 11) is 1.12. The topological polar surface area (TPSA) is 210 Å². The fraction of sp³-hybridized carbons (Fsp3) is 0.542. The SMILES string of the molecule is COC(=O)[C@@H]1CSCc2c(O)cc(O)c(C)c2C(=O)OC[C@H](NC(=O)[C@@H](CO)NC(=O)OC(C)(C)C)C(=O)N1. The van der Waals surface area contributed by atoms with Gasteiger partial charge in [-0.2, -0.15) is 11.8 Å². The van der Waals surface area contributed by atoms with E-state index in [1.165, 1.54) is 6.92 Å². The zero-order chi connectivity index (χ0) is 29.5. The minimum Gasteiger partial charge on any atom is -0.508 e. The van der Waals surface area contributed by atoms with Crippen LogP contribution in [0.15, 0.2) is 6.07 Å². The molecule has 0 spiro atoms. The minimum atomic E-state index is -1.58. The van der Waals surface area contributed by atoms with Gasteiger partial charge in [-0.25, -0.2) is 14.4 Å². The van der Waals surface area contributed by atoms with Crippen molar-refractivity contribution in [2.45, 2.75) is 57.2 Å². The van der Waals surface area contributed by atoms with Crippen molar-refractivity contribution in [2.24, 2.45) is 0 Å². The minimum absolute atomic E-state index is 0.0232. The van der Waals surface area contributed by atoms with Gasteiger partial charge in [-0.3, -0.25) is 9.59 Å². The molecule has 216 valence electrons. The number of nitrogens with one attached hydrogen (secondary N) is 3. The van der Waals surface area contributed by atoms with Crippen molar-refractivity contribution in [1.82, 2.24) is 16.0 Å². The molecule has 14 nitrogen and oxygen atoms in total. The number of cyclic esters (lactones) is 1. The van der Waals surface area contributed by atoms with E-state index in [4.69, 9.17) is 14.2 Å². The molecule has 2 rings (SSSR count). The molecule has 1 heterocycles. The summed E-state index contributed by atoms with van der Waals surface area (Å²) >= 11 is 1.08. The Hall–Kier alpha value is -3.72. The number of methoxy groups -OCH3 is 1. The molecule has 0 aromatic heterocycles. The molecule has 1 aromatic rings. The number of phenolic OH excluding ortho intramolecular Hbond substituents is 2. The Morgan fingerprint density at radius 3 is 2.49 bits per heavy atom. The summed E-state index contributed by atoms with van der Waals surface area (Å²) in [6.45, 7) is 4.63.